The summed E-state index contributed by atoms with van der Waals surface area (Å²) in [5, 5.41) is 2.65. The maximum atomic E-state index is 11.5. The molecule has 8 heteroatoms. The minimum absolute atomic E-state index is 0.324. The number of alkyl carbamates (subject to hydrolysis) is 1. The fraction of sp³-hybridized carbons (Fsp3) is 0.833. The second kappa shape index (κ2) is 9.04. The molecule has 118 valence electrons. The first kappa shape index (κ1) is 19.0. The monoisotopic (exact) mass is 307 g/mol. The Balaban J connectivity index is 3.78. The lowest BCUT2D eigenvalue weighted by Gasteiger charge is -2.25. The highest BCUT2D eigenvalue weighted by atomic mass is 32.1. The van der Waals surface area contributed by atoms with Crippen LogP contribution in [0.5, 0.6) is 0 Å². The largest absolute Gasteiger partial charge is 0.444 e. The van der Waals surface area contributed by atoms with Crippen molar-refractivity contribution in [1.29, 1.82) is 0 Å². The lowest BCUT2D eigenvalue weighted by molar-refractivity contribution is -0.110. The third-order valence-electron chi connectivity index (χ3n) is 1.96. The third-order valence-corrected chi connectivity index (χ3v) is 2.25. The van der Waals surface area contributed by atoms with Crippen LogP contribution in [0, 0.1) is 0 Å². The van der Waals surface area contributed by atoms with Gasteiger partial charge in [-0.3, -0.25) is 10.2 Å². The molecule has 2 amide bonds. The van der Waals surface area contributed by atoms with E-state index in [1.54, 1.807) is 20.8 Å². The van der Waals surface area contributed by atoms with Gasteiger partial charge >= 0.3 is 6.09 Å². The number of carbonyl (C=O) groups is 2. The van der Waals surface area contributed by atoms with Gasteiger partial charge in [-0.2, -0.15) is 12.6 Å². The molecular weight excluding hydrogens is 282 g/mol. The van der Waals surface area contributed by atoms with Gasteiger partial charge in [0.15, 0.2) is 0 Å². The molecule has 0 saturated heterocycles. The molecule has 7 nitrogen and oxygen atoms in total. The van der Waals surface area contributed by atoms with Crippen molar-refractivity contribution in [1.82, 2.24) is 16.2 Å². The Labute approximate surface area is 125 Å². The number of thiol groups is 1. The van der Waals surface area contributed by atoms with E-state index in [1.807, 2.05) is 6.92 Å². The molecule has 3 N–H and O–H groups in total. The fourth-order valence-electron chi connectivity index (χ4n) is 1.16. The number of ether oxygens (including phenoxy) is 2. The Morgan fingerprint density at radius 1 is 1.30 bits per heavy atom. The standard InChI is InChI=1S/C12H25N3O4S/c1-11(2,3)19-10(17)13-7-12(4,20)8-18-6-5-14-15-9-16/h9,14,20H,5-8H2,1-4H3,(H,13,17)(H,15,16). The molecule has 0 heterocycles. The molecule has 0 aromatic heterocycles. The molecule has 0 saturated carbocycles. The fourth-order valence-corrected chi connectivity index (χ4v) is 1.33. The molecule has 1 unspecified atom stereocenters. The first-order valence-electron chi connectivity index (χ1n) is 6.35. The summed E-state index contributed by atoms with van der Waals surface area (Å²) in [6, 6.07) is 0. The molecule has 0 aliphatic rings. The zero-order valence-electron chi connectivity index (χ0n) is 12.5. The quantitative estimate of drug-likeness (QED) is 0.215. The van der Waals surface area contributed by atoms with Crippen molar-refractivity contribution in [2.24, 2.45) is 0 Å². The highest BCUT2D eigenvalue weighted by Crippen LogP contribution is 2.13. The van der Waals surface area contributed by atoms with Gasteiger partial charge < -0.3 is 14.8 Å². The van der Waals surface area contributed by atoms with E-state index in [4.69, 9.17) is 9.47 Å². The van der Waals surface area contributed by atoms with Gasteiger partial charge in [-0.25, -0.2) is 10.2 Å². The number of hydrogen-bond donors (Lipinski definition) is 4. The summed E-state index contributed by atoms with van der Waals surface area (Å²) in [6.07, 6.45) is 0.0719. The molecule has 20 heavy (non-hydrogen) atoms. The van der Waals surface area contributed by atoms with Crippen LogP contribution in [0.25, 0.3) is 0 Å². The summed E-state index contributed by atoms with van der Waals surface area (Å²) in [5.41, 5.74) is 4.42. The summed E-state index contributed by atoms with van der Waals surface area (Å²) >= 11 is 4.43. The Kier molecular flexibility index (Phi) is 8.59. The lowest BCUT2D eigenvalue weighted by atomic mass is 10.2. The third kappa shape index (κ3) is 12.1. The SMILES string of the molecule is CC(S)(CNC(=O)OC(C)(C)C)COCCNNC=O. The van der Waals surface area contributed by atoms with E-state index in [1.165, 1.54) is 0 Å². The number of hydrazine groups is 1. The van der Waals surface area contributed by atoms with Crippen molar-refractivity contribution in [2.45, 2.75) is 38.0 Å². The Morgan fingerprint density at radius 3 is 2.50 bits per heavy atom. The summed E-state index contributed by atoms with van der Waals surface area (Å²) in [4.78, 5) is 21.5. The topological polar surface area (TPSA) is 88.7 Å². The average Bonchev–Trinajstić information content (AvgIpc) is 2.29. The van der Waals surface area contributed by atoms with E-state index < -0.39 is 16.4 Å². The first-order chi connectivity index (χ1) is 9.16. The zero-order chi connectivity index (χ0) is 15.6. The van der Waals surface area contributed by atoms with Gasteiger partial charge in [-0.05, 0) is 27.7 Å². The van der Waals surface area contributed by atoms with Crippen molar-refractivity contribution in [3.8, 4) is 0 Å². The Morgan fingerprint density at radius 2 is 1.95 bits per heavy atom. The molecular formula is C12H25N3O4S. The number of nitrogens with one attached hydrogen (secondary N) is 3. The zero-order valence-corrected chi connectivity index (χ0v) is 13.4. The highest BCUT2D eigenvalue weighted by molar-refractivity contribution is 7.81. The molecule has 0 spiro atoms. The van der Waals surface area contributed by atoms with E-state index >= 15 is 0 Å². The second-order valence-electron chi connectivity index (χ2n) is 5.59. The number of rotatable bonds is 9. The van der Waals surface area contributed by atoms with Gasteiger partial charge in [0.1, 0.15) is 5.60 Å². The maximum Gasteiger partial charge on any atom is 0.407 e. The van der Waals surface area contributed by atoms with Gasteiger partial charge in [0.05, 0.1) is 18.0 Å². The normalized spacial score (nSPS) is 14.2. The Bertz CT molecular complexity index is 306. The predicted molar refractivity (Wildman–Crippen MR) is 79.6 cm³/mol. The summed E-state index contributed by atoms with van der Waals surface area (Å²) < 4.78 is 10.0. The summed E-state index contributed by atoms with van der Waals surface area (Å²) in [7, 11) is 0. The minimum Gasteiger partial charge on any atom is -0.444 e. The molecule has 1 atom stereocenters. The molecule has 0 aromatic rings. The molecule has 0 aliphatic heterocycles. The van der Waals surface area contributed by atoms with Gasteiger partial charge in [0, 0.05) is 13.1 Å². The van der Waals surface area contributed by atoms with Crippen LogP contribution in [0.2, 0.25) is 0 Å². The Hall–Kier alpha value is -0.990. The molecule has 0 bridgehead atoms. The van der Waals surface area contributed by atoms with Crippen LogP contribution in [0.15, 0.2) is 0 Å². The van der Waals surface area contributed by atoms with Crippen molar-refractivity contribution >= 4 is 25.1 Å². The van der Waals surface area contributed by atoms with Crippen LogP contribution in [-0.2, 0) is 14.3 Å². The van der Waals surface area contributed by atoms with Crippen LogP contribution >= 0.6 is 12.6 Å². The molecule has 0 radical (unpaired) electrons. The van der Waals surface area contributed by atoms with Crippen molar-refractivity contribution in [3.05, 3.63) is 0 Å². The van der Waals surface area contributed by atoms with Gasteiger partial charge in [0.25, 0.3) is 0 Å². The molecule has 0 rings (SSSR count). The molecule has 0 aromatic carbocycles. The smallest absolute Gasteiger partial charge is 0.407 e. The van der Waals surface area contributed by atoms with Gasteiger partial charge in [0.2, 0.25) is 6.41 Å². The number of carbonyl (C=O) groups excluding carboxylic acids is 2. The lowest BCUT2D eigenvalue weighted by Crippen LogP contribution is -2.42. The predicted octanol–water partition coefficient (Wildman–Crippen LogP) is 0.467. The van der Waals surface area contributed by atoms with Crippen LogP contribution in [-0.4, -0.2) is 49.2 Å². The van der Waals surface area contributed by atoms with E-state index in [-0.39, 0.29) is 0 Å². The summed E-state index contributed by atoms with van der Waals surface area (Å²) in [5.74, 6) is 0. The van der Waals surface area contributed by atoms with Crippen LogP contribution < -0.4 is 16.2 Å². The maximum absolute atomic E-state index is 11.5. The van der Waals surface area contributed by atoms with Crippen LogP contribution in [0.4, 0.5) is 4.79 Å². The average molecular weight is 307 g/mol. The van der Waals surface area contributed by atoms with E-state index in [0.717, 1.165) is 0 Å². The second-order valence-corrected chi connectivity index (χ2v) is 6.67. The number of amides is 2. The molecule has 0 fully saturated rings. The van der Waals surface area contributed by atoms with E-state index in [9.17, 15) is 9.59 Å². The van der Waals surface area contributed by atoms with E-state index in [2.05, 4.69) is 28.8 Å². The van der Waals surface area contributed by atoms with Crippen molar-refractivity contribution in [3.63, 3.8) is 0 Å². The van der Waals surface area contributed by atoms with Gasteiger partial charge in [-0.1, -0.05) is 0 Å². The molecule has 0 aliphatic carbocycles. The summed E-state index contributed by atoms with van der Waals surface area (Å²) in [6.45, 7) is 8.84. The minimum atomic E-state index is -0.523. The van der Waals surface area contributed by atoms with Crippen LogP contribution in [0.1, 0.15) is 27.7 Å². The van der Waals surface area contributed by atoms with E-state index in [0.29, 0.717) is 32.7 Å². The van der Waals surface area contributed by atoms with Crippen molar-refractivity contribution < 1.29 is 19.1 Å². The van der Waals surface area contributed by atoms with Crippen molar-refractivity contribution in [2.75, 3.05) is 26.3 Å². The van der Waals surface area contributed by atoms with Gasteiger partial charge in [-0.15, -0.1) is 0 Å². The van der Waals surface area contributed by atoms with Crippen LogP contribution in [0.3, 0.4) is 0 Å². The number of hydrogen-bond acceptors (Lipinski definition) is 6. The highest BCUT2D eigenvalue weighted by Gasteiger charge is 2.22. The first-order valence-corrected chi connectivity index (χ1v) is 6.80.